The predicted octanol–water partition coefficient (Wildman–Crippen LogP) is 8.02. The van der Waals surface area contributed by atoms with Crippen LogP contribution in [0.15, 0.2) is 119 Å². The van der Waals surface area contributed by atoms with Gasteiger partial charge in [-0.2, -0.15) is 5.10 Å². The number of rotatable bonds is 11. The summed E-state index contributed by atoms with van der Waals surface area (Å²) in [5.74, 6) is 1.77. The Balaban J connectivity index is 1.02. The number of hydrogen-bond acceptors (Lipinski definition) is 5. The van der Waals surface area contributed by atoms with Gasteiger partial charge in [-0.15, -0.1) is 0 Å². The molecule has 0 atom stereocenters. The summed E-state index contributed by atoms with van der Waals surface area (Å²) >= 11 is 0. The van der Waals surface area contributed by atoms with E-state index in [1.165, 1.54) is 11.4 Å². The van der Waals surface area contributed by atoms with Crippen molar-refractivity contribution in [3.8, 4) is 22.9 Å². The molecule has 0 aliphatic carbocycles. The predicted molar refractivity (Wildman–Crippen MR) is 179 cm³/mol. The monoisotopic (exact) mass is 612 g/mol. The number of aromatic nitrogens is 2. The Morgan fingerprint density at radius 1 is 0.717 bits per heavy atom. The first-order valence-corrected chi connectivity index (χ1v) is 15.1. The third-order valence-corrected chi connectivity index (χ3v) is 7.82. The van der Waals surface area contributed by atoms with Gasteiger partial charge in [0.2, 0.25) is 0 Å². The number of furan rings is 1. The molecule has 0 spiro atoms. The largest absolute Gasteiger partial charge is 0.489 e. The van der Waals surface area contributed by atoms with Gasteiger partial charge in [0.05, 0.1) is 6.21 Å². The summed E-state index contributed by atoms with van der Waals surface area (Å²) in [5.41, 5.74) is 11.1. The van der Waals surface area contributed by atoms with Gasteiger partial charge in [0.25, 0.3) is 0 Å². The second-order valence-corrected chi connectivity index (χ2v) is 11.1. The molecule has 0 bridgehead atoms. The molecule has 232 valence electrons. The van der Waals surface area contributed by atoms with Crippen molar-refractivity contribution in [2.45, 2.75) is 40.9 Å². The lowest BCUT2D eigenvalue weighted by Crippen LogP contribution is -2.16. The number of hydrazone groups is 1. The summed E-state index contributed by atoms with van der Waals surface area (Å²) in [6.45, 7) is 8.93. The Bertz CT molecular complexity index is 1940. The van der Waals surface area contributed by atoms with Crippen molar-refractivity contribution in [1.29, 1.82) is 0 Å². The fraction of sp³-hybridized carbons (Fsp3) is 0.158. The Morgan fingerprint density at radius 3 is 1.98 bits per heavy atom. The van der Waals surface area contributed by atoms with E-state index in [4.69, 9.17) is 13.9 Å². The van der Waals surface area contributed by atoms with Crippen LogP contribution in [0.5, 0.6) is 11.5 Å². The van der Waals surface area contributed by atoms with Crippen LogP contribution in [-0.2, 0) is 13.2 Å². The summed E-state index contributed by atoms with van der Waals surface area (Å²) in [5, 5.41) is 4.19. The smallest absolute Gasteiger partial charge is 0.307 e. The zero-order valence-electron chi connectivity index (χ0n) is 26.4. The van der Waals surface area contributed by atoms with Crippen LogP contribution in [0.3, 0.4) is 0 Å². The van der Waals surface area contributed by atoms with E-state index in [0.29, 0.717) is 18.1 Å². The first kappa shape index (κ1) is 30.3. The Hall–Kier alpha value is -5.76. The van der Waals surface area contributed by atoms with Crippen LogP contribution < -0.4 is 14.9 Å². The maximum absolute atomic E-state index is 12.7. The Kier molecular flexibility index (Phi) is 8.87. The summed E-state index contributed by atoms with van der Waals surface area (Å²) in [7, 11) is 0. The highest BCUT2D eigenvalue weighted by molar-refractivity contribution is 5.92. The van der Waals surface area contributed by atoms with Gasteiger partial charge in [-0.1, -0.05) is 30.3 Å². The molecule has 3 heterocycles. The van der Waals surface area contributed by atoms with Gasteiger partial charge in [-0.05, 0) is 112 Å². The third kappa shape index (κ3) is 6.81. The second kappa shape index (κ2) is 13.5. The molecule has 6 rings (SSSR count). The maximum Gasteiger partial charge on any atom is 0.307 e. The lowest BCUT2D eigenvalue weighted by molar-refractivity contribution is 0.0923. The first-order valence-electron chi connectivity index (χ1n) is 15.1. The summed E-state index contributed by atoms with van der Waals surface area (Å²) < 4.78 is 21.8. The molecule has 0 saturated heterocycles. The summed E-state index contributed by atoms with van der Waals surface area (Å²) in [6, 6.07) is 35.5. The van der Waals surface area contributed by atoms with Crippen molar-refractivity contribution in [1.82, 2.24) is 14.6 Å². The fourth-order valence-electron chi connectivity index (χ4n) is 5.46. The van der Waals surface area contributed by atoms with Gasteiger partial charge < -0.3 is 23.0 Å². The minimum absolute atomic E-state index is 0.157. The molecule has 1 N–H and O–H groups in total. The van der Waals surface area contributed by atoms with Gasteiger partial charge in [-0.3, -0.25) is 4.79 Å². The topological polar surface area (TPSA) is 82.9 Å². The average Bonchev–Trinajstić information content (AvgIpc) is 3.76. The number of hydrogen-bond donors (Lipinski definition) is 1. The number of nitrogens with zero attached hydrogens (tertiary/aromatic N) is 3. The zero-order chi connectivity index (χ0) is 32.0. The molecule has 0 aliphatic rings. The van der Waals surface area contributed by atoms with E-state index in [-0.39, 0.29) is 12.4 Å². The van der Waals surface area contributed by atoms with E-state index in [1.54, 1.807) is 18.3 Å². The number of aryl methyl sites for hydroxylation is 3. The van der Waals surface area contributed by atoms with E-state index >= 15 is 0 Å². The molecular formula is C38H36N4O4. The molecule has 1 amide bonds. The van der Waals surface area contributed by atoms with Crippen LogP contribution in [0.1, 0.15) is 50.2 Å². The van der Waals surface area contributed by atoms with Gasteiger partial charge in [0.15, 0.2) is 5.76 Å². The highest BCUT2D eigenvalue weighted by Gasteiger charge is 2.13. The zero-order valence-corrected chi connectivity index (χ0v) is 26.4. The van der Waals surface area contributed by atoms with Crippen molar-refractivity contribution >= 4 is 12.1 Å². The van der Waals surface area contributed by atoms with Gasteiger partial charge in [0, 0.05) is 39.7 Å². The van der Waals surface area contributed by atoms with Crippen molar-refractivity contribution in [2.24, 2.45) is 5.10 Å². The SMILES string of the molecule is Cc1ccc(C)n1-c1ccc(OCc2ccc(C(=O)N/N=C/c3cc(C)n(-c4ccc(OCc5ccccc5)cc4)c3C)o2)cc1. The summed E-state index contributed by atoms with van der Waals surface area (Å²) in [4.78, 5) is 12.7. The van der Waals surface area contributed by atoms with E-state index in [1.807, 2.05) is 98.8 Å². The van der Waals surface area contributed by atoms with Crippen molar-refractivity contribution in [2.75, 3.05) is 0 Å². The minimum Gasteiger partial charge on any atom is -0.489 e. The lowest BCUT2D eigenvalue weighted by Gasteiger charge is -2.11. The molecule has 46 heavy (non-hydrogen) atoms. The molecule has 3 aromatic carbocycles. The van der Waals surface area contributed by atoms with Crippen molar-refractivity contribution < 1.29 is 18.7 Å². The first-order chi connectivity index (χ1) is 22.4. The highest BCUT2D eigenvalue weighted by Crippen LogP contribution is 2.23. The van der Waals surface area contributed by atoms with Crippen LogP contribution in [0.4, 0.5) is 0 Å². The number of ether oxygens (including phenoxy) is 2. The molecule has 0 fully saturated rings. The van der Waals surface area contributed by atoms with Crippen LogP contribution >= 0.6 is 0 Å². The molecule has 0 unspecified atom stereocenters. The van der Waals surface area contributed by atoms with E-state index in [0.717, 1.165) is 39.6 Å². The van der Waals surface area contributed by atoms with E-state index in [9.17, 15) is 4.79 Å². The highest BCUT2D eigenvalue weighted by atomic mass is 16.5. The normalized spacial score (nSPS) is 11.2. The number of nitrogens with one attached hydrogen (secondary N) is 1. The molecule has 3 aromatic heterocycles. The fourth-order valence-corrected chi connectivity index (χ4v) is 5.46. The van der Waals surface area contributed by atoms with E-state index in [2.05, 4.69) is 45.6 Å². The maximum atomic E-state index is 12.7. The quantitative estimate of drug-likeness (QED) is 0.119. The molecule has 0 aliphatic heterocycles. The number of carbonyl (C=O) groups is 1. The Labute approximate surface area is 268 Å². The van der Waals surface area contributed by atoms with Crippen LogP contribution in [0.25, 0.3) is 11.4 Å². The van der Waals surface area contributed by atoms with Crippen molar-refractivity contribution in [3.63, 3.8) is 0 Å². The molecule has 8 heteroatoms. The number of benzene rings is 3. The molecule has 8 nitrogen and oxygen atoms in total. The average molecular weight is 613 g/mol. The van der Waals surface area contributed by atoms with Gasteiger partial charge in [0.1, 0.15) is 30.5 Å². The molecule has 0 saturated carbocycles. The van der Waals surface area contributed by atoms with Crippen LogP contribution in [0, 0.1) is 27.7 Å². The third-order valence-electron chi connectivity index (χ3n) is 7.82. The van der Waals surface area contributed by atoms with Crippen LogP contribution in [0.2, 0.25) is 0 Å². The van der Waals surface area contributed by atoms with Crippen molar-refractivity contribution in [3.05, 3.63) is 155 Å². The van der Waals surface area contributed by atoms with E-state index < -0.39 is 5.91 Å². The minimum atomic E-state index is -0.441. The molecule has 6 aromatic rings. The number of amides is 1. The molecular weight excluding hydrogens is 576 g/mol. The van der Waals surface area contributed by atoms with Crippen LogP contribution in [-0.4, -0.2) is 21.3 Å². The van der Waals surface area contributed by atoms with Gasteiger partial charge >= 0.3 is 5.91 Å². The second-order valence-electron chi connectivity index (χ2n) is 11.1. The summed E-state index contributed by atoms with van der Waals surface area (Å²) in [6.07, 6.45) is 1.64. The number of carbonyl (C=O) groups excluding carboxylic acids is 1. The lowest BCUT2D eigenvalue weighted by atomic mass is 10.2. The molecule has 0 radical (unpaired) electrons. The Morgan fingerprint density at radius 2 is 1.33 bits per heavy atom. The van der Waals surface area contributed by atoms with Gasteiger partial charge in [-0.25, -0.2) is 5.43 Å². The standard InChI is InChI=1S/C38H36N4O4/c1-26-10-11-27(2)41(26)32-12-16-35(17-13-32)45-25-36-20-21-37(46-36)38(43)40-39-23-31-22-28(3)42(29(31)4)33-14-18-34(19-15-33)44-24-30-8-6-5-7-9-30/h5-23H,24-25H2,1-4H3,(H,40,43)/b39-23+.